The van der Waals surface area contributed by atoms with Gasteiger partial charge in [0.05, 0.1) is 6.04 Å². The second-order valence-corrected chi connectivity index (χ2v) is 10.1. The zero-order valence-electron chi connectivity index (χ0n) is 16.5. The molecule has 1 saturated carbocycles. The quantitative estimate of drug-likeness (QED) is 0.376. The molecule has 3 aromatic carbocycles. The fourth-order valence-corrected chi connectivity index (χ4v) is 7.69. The maximum atomic E-state index is 4.98. The molecule has 0 spiro atoms. The molecule has 0 amide bonds. The topological polar surface area (TPSA) is 12.4 Å². The average molecular weight is 385 g/mol. The monoisotopic (exact) mass is 385 g/mol. The first-order chi connectivity index (χ1) is 13.8. The summed E-state index contributed by atoms with van der Waals surface area (Å²) < 4.78 is 0. The van der Waals surface area contributed by atoms with Gasteiger partial charge in [0.15, 0.2) is 0 Å². The van der Waals surface area contributed by atoms with Crippen LogP contribution in [0.1, 0.15) is 31.7 Å². The highest BCUT2D eigenvalue weighted by atomic mass is 31.1. The summed E-state index contributed by atoms with van der Waals surface area (Å²) in [5.41, 5.74) is 1.89. The predicted octanol–water partition coefficient (Wildman–Crippen LogP) is 5.80. The van der Waals surface area contributed by atoms with E-state index >= 15 is 0 Å². The molecule has 2 unspecified atom stereocenters. The van der Waals surface area contributed by atoms with Crippen LogP contribution in [-0.4, -0.2) is 17.9 Å². The van der Waals surface area contributed by atoms with Crippen LogP contribution in [0.15, 0.2) is 96.0 Å². The van der Waals surface area contributed by atoms with Gasteiger partial charge >= 0.3 is 0 Å². The van der Waals surface area contributed by atoms with E-state index in [9.17, 15) is 0 Å². The Kier molecular flexibility index (Phi) is 6.34. The SMILES string of the molecule is C[C@@H](N=Cc1ccccc1)C1CCCC1P(c1ccccc1)c1ccccc1. The molecule has 4 rings (SSSR count). The largest absolute Gasteiger partial charge is 0.289 e. The molecule has 0 aromatic heterocycles. The van der Waals surface area contributed by atoms with Crippen molar-refractivity contribution in [1.82, 2.24) is 0 Å². The van der Waals surface area contributed by atoms with Crippen LogP contribution >= 0.6 is 7.92 Å². The average Bonchev–Trinajstić information content (AvgIpc) is 3.24. The van der Waals surface area contributed by atoms with Crippen LogP contribution in [-0.2, 0) is 0 Å². The number of aliphatic imine (C=N–C) groups is 1. The molecule has 1 aliphatic rings. The maximum absolute atomic E-state index is 4.98. The Balaban J connectivity index is 1.61. The normalized spacial score (nSPS) is 20.6. The van der Waals surface area contributed by atoms with E-state index in [0.29, 0.717) is 17.6 Å². The van der Waals surface area contributed by atoms with Gasteiger partial charge in [-0.15, -0.1) is 0 Å². The molecule has 3 aromatic rings. The number of benzene rings is 3. The van der Waals surface area contributed by atoms with Gasteiger partial charge in [0.1, 0.15) is 0 Å². The minimum absolute atomic E-state index is 0.352. The highest BCUT2D eigenvalue weighted by Gasteiger charge is 2.37. The van der Waals surface area contributed by atoms with Crippen molar-refractivity contribution in [3.05, 3.63) is 96.6 Å². The molecule has 2 heteroatoms. The third-order valence-electron chi connectivity index (χ3n) is 5.81. The predicted molar refractivity (Wildman–Crippen MR) is 124 cm³/mol. The molecule has 1 fully saturated rings. The van der Waals surface area contributed by atoms with Crippen molar-refractivity contribution in [3.63, 3.8) is 0 Å². The van der Waals surface area contributed by atoms with Gasteiger partial charge in [0.2, 0.25) is 0 Å². The van der Waals surface area contributed by atoms with Gasteiger partial charge in [0, 0.05) is 6.21 Å². The summed E-state index contributed by atoms with van der Waals surface area (Å²) in [6.07, 6.45) is 5.98. The molecule has 1 nitrogen and oxygen atoms in total. The summed E-state index contributed by atoms with van der Waals surface area (Å²) in [5.74, 6) is 0.645. The summed E-state index contributed by atoms with van der Waals surface area (Å²) in [6.45, 7) is 2.31. The molecule has 0 aliphatic heterocycles. The Labute approximate surface area is 170 Å². The van der Waals surface area contributed by atoms with Crippen molar-refractivity contribution < 1.29 is 0 Å². The molecule has 3 atom stereocenters. The van der Waals surface area contributed by atoms with Gasteiger partial charge in [-0.25, -0.2) is 0 Å². The lowest BCUT2D eigenvalue weighted by Gasteiger charge is -2.32. The molecular formula is C26H28NP. The van der Waals surface area contributed by atoms with E-state index in [1.807, 2.05) is 0 Å². The van der Waals surface area contributed by atoms with Crippen molar-refractivity contribution in [3.8, 4) is 0 Å². The van der Waals surface area contributed by atoms with Crippen LogP contribution < -0.4 is 10.6 Å². The Morgan fingerprint density at radius 3 is 1.89 bits per heavy atom. The number of hydrogen-bond acceptors (Lipinski definition) is 1. The Morgan fingerprint density at radius 2 is 1.32 bits per heavy atom. The fourth-order valence-electron chi connectivity index (χ4n) is 4.41. The molecule has 0 N–H and O–H groups in total. The fraction of sp³-hybridized carbons (Fsp3) is 0.269. The van der Waals surface area contributed by atoms with Crippen LogP contribution in [0.2, 0.25) is 0 Å². The van der Waals surface area contributed by atoms with Crippen molar-refractivity contribution in [1.29, 1.82) is 0 Å². The summed E-state index contributed by atoms with van der Waals surface area (Å²) in [7, 11) is -0.363. The number of hydrogen-bond donors (Lipinski definition) is 0. The number of nitrogens with zero attached hydrogens (tertiary/aromatic N) is 1. The Morgan fingerprint density at radius 1 is 0.786 bits per heavy atom. The minimum atomic E-state index is -0.363. The van der Waals surface area contributed by atoms with Gasteiger partial charge in [-0.05, 0) is 55.4 Å². The van der Waals surface area contributed by atoms with Crippen molar-refractivity contribution in [2.45, 2.75) is 37.9 Å². The van der Waals surface area contributed by atoms with Gasteiger partial charge in [-0.1, -0.05) is 97.4 Å². The zero-order chi connectivity index (χ0) is 19.2. The van der Waals surface area contributed by atoms with Crippen LogP contribution in [0, 0.1) is 5.92 Å². The summed E-state index contributed by atoms with van der Waals surface area (Å²) in [6, 6.07) is 33.1. The zero-order valence-corrected chi connectivity index (χ0v) is 17.4. The lowest BCUT2D eigenvalue weighted by Crippen LogP contribution is -2.29. The van der Waals surface area contributed by atoms with Crippen LogP contribution in [0.25, 0.3) is 0 Å². The van der Waals surface area contributed by atoms with Crippen molar-refractivity contribution in [2.24, 2.45) is 10.9 Å². The highest BCUT2D eigenvalue weighted by molar-refractivity contribution is 7.73. The second kappa shape index (κ2) is 9.30. The minimum Gasteiger partial charge on any atom is -0.289 e. The molecular weight excluding hydrogens is 357 g/mol. The maximum Gasteiger partial charge on any atom is 0.0506 e. The smallest absolute Gasteiger partial charge is 0.0506 e. The third kappa shape index (κ3) is 4.42. The first kappa shape index (κ1) is 19.1. The Bertz CT molecular complexity index is 837. The standard InChI is InChI=1S/C26H28NP/c1-21(27-20-22-12-5-2-6-13-22)25-18-11-19-26(25)28(23-14-7-3-8-15-23)24-16-9-4-10-17-24/h2-10,12-17,20-21,25-26H,11,18-19H2,1H3/t21-,25?,26?/m1/s1. The summed E-state index contributed by atoms with van der Waals surface area (Å²) in [5, 5.41) is 3.00. The molecule has 0 saturated heterocycles. The lowest BCUT2D eigenvalue weighted by atomic mass is 10.00. The van der Waals surface area contributed by atoms with E-state index in [0.717, 1.165) is 0 Å². The molecule has 0 radical (unpaired) electrons. The highest BCUT2D eigenvalue weighted by Crippen LogP contribution is 2.51. The first-order valence-corrected chi connectivity index (χ1v) is 11.7. The van der Waals surface area contributed by atoms with Crippen LogP contribution in [0.4, 0.5) is 0 Å². The Hall–Kier alpha value is -2.24. The summed E-state index contributed by atoms with van der Waals surface area (Å²) in [4.78, 5) is 4.98. The molecule has 1 aliphatic carbocycles. The first-order valence-electron chi connectivity index (χ1n) is 10.3. The van der Waals surface area contributed by atoms with E-state index in [1.54, 1.807) is 0 Å². The second-order valence-electron chi connectivity index (χ2n) is 7.63. The van der Waals surface area contributed by atoms with E-state index in [2.05, 4.69) is 104 Å². The van der Waals surface area contributed by atoms with E-state index < -0.39 is 0 Å². The van der Waals surface area contributed by atoms with Crippen LogP contribution in [0.5, 0.6) is 0 Å². The van der Waals surface area contributed by atoms with Gasteiger partial charge in [-0.2, -0.15) is 0 Å². The van der Waals surface area contributed by atoms with E-state index in [-0.39, 0.29) is 7.92 Å². The van der Waals surface area contributed by atoms with Crippen molar-refractivity contribution in [2.75, 3.05) is 0 Å². The van der Waals surface area contributed by atoms with Gasteiger partial charge in [-0.3, -0.25) is 4.99 Å². The molecule has 0 bridgehead atoms. The molecule has 0 heterocycles. The van der Waals surface area contributed by atoms with E-state index in [1.165, 1.54) is 35.4 Å². The molecule has 142 valence electrons. The summed E-state index contributed by atoms with van der Waals surface area (Å²) >= 11 is 0. The van der Waals surface area contributed by atoms with Gasteiger partial charge < -0.3 is 0 Å². The van der Waals surface area contributed by atoms with Crippen LogP contribution in [0.3, 0.4) is 0 Å². The number of rotatable bonds is 6. The lowest BCUT2D eigenvalue weighted by molar-refractivity contribution is 0.468. The van der Waals surface area contributed by atoms with Crippen molar-refractivity contribution >= 4 is 24.7 Å². The third-order valence-corrected chi connectivity index (χ3v) is 8.82. The van der Waals surface area contributed by atoms with E-state index in [4.69, 9.17) is 4.99 Å². The molecule has 28 heavy (non-hydrogen) atoms. The van der Waals surface area contributed by atoms with Gasteiger partial charge in [0.25, 0.3) is 0 Å².